The summed E-state index contributed by atoms with van der Waals surface area (Å²) in [5.74, 6) is -2.28. The highest BCUT2D eigenvalue weighted by Gasteiger charge is 2.53. The maximum absolute atomic E-state index is 12.9. The quantitative estimate of drug-likeness (QED) is 0.182. The second kappa shape index (κ2) is 9.60. The zero-order valence-electron chi connectivity index (χ0n) is 18.4. The summed E-state index contributed by atoms with van der Waals surface area (Å²) >= 11 is 4.02. The molecule has 15 heteroatoms. The number of nitrogens with zero attached hydrogens (tertiary/aromatic N) is 5. The molecule has 2 amide bonds. The van der Waals surface area contributed by atoms with Crippen molar-refractivity contribution in [3.63, 3.8) is 0 Å². The highest BCUT2D eigenvalue weighted by molar-refractivity contribution is 8.00. The van der Waals surface area contributed by atoms with Crippen LogP contribution in [0.25, 0.3) is 0 Å². The van der Waals surface area contributed by atoms with Crippen LogP contribution in [-0.4, -0.2) is 71.3 Å². The first-order valence-electron chi connectivity index (χ1n) is 9.88. The molecule has 2 aromatic rings. The number of rotatable bonds is 8. The number of hydrogen-bond acceptors (Lipinski definition) is 12. The Bertz CT molecular complexity index is 1210. The van der Waals surface area contributed by atoms with Gasteiger partial charge in [-0.15, -0.1) is 23.1 Å². The van der Waals surface area contributed by atoms with E-state index in [1.54, 1.807) is 5.38 Å². The van der Waals surface area contributed by atoms with Crippen molar-refractivity contribution in [3.05, 3.63) is 33.9 Å². The fourth-order valence-electron chi connectivity index (χ4n) is 3.74. The van der Waals surface area contributed by atoms with Gasteiger partial charge >= 0.3 is 5.13 Å². The van der Waals surface area contributed by atoms with Crippen molar-refractivity contribution in [1.82, 2.24) is 15.2 Å². The van der Waals surface area contributed by atoms with Crippen LogP contribution in [0, 0.1) is 0 Å². The average Bonchev–Trinajstić information content (AvgIpc) is 3.42. The van der Waals surface area contributed by atoms with Crippen LogP contribution in [0.4, 0.5) is 10.3 Å². The number of β-lactam (4-membered cyclic amide) rings is 1. The first kappa shape index (κ1) is 24.0. The summed E-state index contributed by atoms with van der Waals surface area (Å²) in [6.45, 7) is 0.314. The molecular weight excluding hydrogens is 502 g/mol. The number of nitrogens with one attached hydrogen (secondary N) is 1. The van der Waals surface area contributed by atoms with E-state index in [1.165, 1.54) is 35.1 Å². The molecule has 2 aliphatic rings. The van der Waals surface area contributed by atoms with Gasteiger partial charge in [0.1, 0.15) is 37.0 Å². The number of hydrogen-bond donors (Lipinski definition) is 2. The normalized spacial score (nSPS) is 20.0. The molecule has 0 radical (unpaired) electrons. The topological polar surface area (TPSA) is 157 Å². The third-order valence-corrected chi connectivity index (χ3v) is 8.29. The van der Waals surface area contributed by atoms with Gasteiger partial charge in [0, 0.05) is 22.1 Å². The smallest absolute Gasteiger partial charge is 0.335 e. The second-order valence-electron chi connectivity index (χ2n) is 7.45. The third kappa shape index (κ3) is 4.33. The lowest BCUT2D eigenvalue weighted by Gasteiger charge is -2.50. The van der Waals surface area contributed by atoms with E-state index in [0.717, 1.165) is 16.5 Å². The molecule has 0 bridgehead atoms. The Balaban J connectivity index is 1.52. The van der Waals surface area contributed by atoms with Crippen molar-refractivity contribution < 1.29 is 28.9 Å². The van der Waals surface area contributed by atoms with Crippen molar-refractivity contribution in [2.75, 3.05) is 37.1 Å². The highest BCUT2D eigenvalue weighted by Crippen LogP contribution is 2.40. The molecule has 2 aromatic heterocycles. The van der Waals surface area contributed by atoms with Crippen molar-refractivity contribution in [3.8, 4) is 0 Å². The highest BCUT2D eigenvalue weighted by atomic mass is 32.2. The number of oxime groups is 1. The van der Waals surface area contributed by atoms with Crippen LogP contribution in [0.1, 0.15) is 5.69 Å². The molecule has 4 rings (SSSR count). The molecule has 0 saturated carbocycles. The monoisotopic (exact) mass is 523 g/mol. The molecule has 34 heavy (non-hydrogen) atoms. The average molecular weight is 524 g/mol. The van der Waals surface area contributed by atoms with E-state index in [9.17, 15) is 19.5 Å². The number of carbonyl (C=O) groups excluding carboxylic acids is 3. The van der Waals surface area contributed by atoms with Crippen molar-refractivity contribution >= 4 is 68.2 Å². The van der Waals surface area contributed by atoms with Gasteiger partial charge in [0.2, 0.25) is 0 Å². The number of aliphatic carboxylic acids is 1. The minimum atomic E-state index is -1.43. The minimum absolute atomic E-state index is 0.135. The fraction of sp³-hybridized carbons (Fsp3) is 0.368. The Morgan fingerprint density at radius 1 is 1.47 bits per heavy atom. The standard InChI is InChI=1S/C19H21N7O5S3/c1-24-4-5-32-19(24)25(2)6-9-7-33-16-12(15(28)26(16)13(9)17(29)30)22-14(27)11(23-31-3)10-8-34-18(20)21-10/h4-5,8,12,16H,6-7H2,1-3H3,(H3-,20,21,22,27,29,30)/b23-11+/t12?,16-/m1/s1. The van der Waals surface area contributed by atoms with Crippen molar-refractivity contribution in [2.45, 2.75) is 11.4 Å². The minimum Gasteiger partial charge on any atom is -0.543 e. The summed E-state index contributed by atoms with van der Waals surface area (Å²) in [5.41, 5.74) is 6.13. The van der Waals surface area contributed by atoms with Gasteiger partial charge < -0.3 is 25.8 Å². The van der Waals surface area contributed by atoms with Crippen LogP contribution in [-0.2, 0) is 26.3 Å². The maximum Gasteiger partial charge on any atom is 0.335 e. The van der Waals surface area contributed by atoms with Gasteiger partial charge in [-0.05, 0) is 0 Å². The van der Waals surface area contributed by atoms with E-state index >= 15 is 0 Å². The first-order chi connectivity index (χ1) is 16.2. The number of nitrogens with two attached hydrogens (primary N) is 1. The second-order valence-corrected chi connectivity index (χ2v) is 10.3. The lowest BCUT2D eigenvalue weighted by Crippen LogP contribution is -2.71. The number of fused-ring (bicyclic) bond motifs is 1. The van der Waals surface area contributed by atoms with Crippen LogP contribution in [0.15, 0.2) is 33.4 Å². The van der Waals surface area contributed by atoms with Gasteiger partial charge in [0.05, 0.1) is 25.8 Å². The van der Waals surface area contributed by atoms with Crippen LogP contribution < -0.4 is 25.6 Å². The van der Waals surface area contributed by atoms with Crippen molar-refractivity contribution in [2.24, 2.45) is 12.2 Å². The largest absolute Gasteiger partial charge is 0.543 e. The van der Waals surface area contributed by atoms with E-state index in [1.807, 2.05) is 35.1 Å². The van der Waals surface area contributed by atoms with Crippen LogP contribution in [0.3, 0.4) is 0 Å². The van der Waals surface area contributed by atoms with Gasteiger partial charge in [-0.2, -0.15) is 0 Å². The lowest BCUT2D eigenvalue weighted by molar-refractivity contribution is -0.654. The van der Waals surface area contributed by atoms with Gasteiger partial charge in [0.15, 0.2) is 10.8 Å². The molecular formula is C19H21N7O5S3. The number of aryl methyl sites for hydroxylation is 1. The Morgan fingerprint density at radius 2 is 2.24 bits per heavy atom. The number of nitrogen functional groups attached to an aromatic ring is 1. The van der Waals surface area contributed by atoms with E-state index in [2.05, 4.69) is 15.5 Å². The van der Waals surface area contributed by atoms with E-state index in [0.29, 0.717) is 17.9 Å². The molecule has 1 fully saturated rings. The summed E-state index contributed by atoms with van der Waals surface area (Å²) in [4.78, 5) is 49.6. The predicted octanol–water partition coefficient (Wildman–Crippen LogP) is -1.50. The SMILES string of the molecule is CO/N=C(/C(=O)NC1C(=O)N2C(C(=O)[O-])=C(CN(C)c3scc[n+]3C)CS[C@H]12)c1csc(N)n1. The number of anilines is 2. The maximum atomic E-state index is 12.9. The number of thiazole rings is 2. The molecule has 1 saturated heterocycles. The fourth-order valence-corrected chi connectivity index (χ4v) is 6.46. The number of carbonyl (C=O) groups is 3. The molecule has 180 valence electrons. The number of aromatic nitrogens is 2. The lowest BCUT2D eigenvalue weighted by atomic mass is 10.0. The van der Waals surface area contributed by atoms with Crippen LogP contribution in [0.5, 0.6) is 0 Å². The summed E-state index contributed by atoms with van der Waals surface area (Å²) in [7, 11) is 5.03. The van der Waals surface area contributed by atoms with Gasteiger partial charge in [-0.1, -0.05) is 16.5 Å². The zero-order valence-corrected chi connectivity index (χ0v) is 20.8. The number of likely N-dealkylation sites (N-methyl/N-ethyl adjacent to an activating group) is 1. The molecule has 2 atom stereocenters. The molecule has 3 N–H and O–H groups in total. The Kier molecular flexibility index (Phi) is 6.77. The summed E-state index contributed by atoms with van der Waals surface area (Å²) < 4.78 is 1.93. The van der Waals surface area contributed by atoms with Crippen molar-refractivity contribution in [1.29, 1.82) is 0 Å². The number of carboxylic acid groups (broad SMARTS) is 1. The number of amides is 2. The van der Waals surface area contributed by atoms with Gasteiger partial charge in [0.25, 0.3) is 11.8 Å². The molecule has 1 unspecified atom stereocenters. The summed E-state index contributed by atoms with van der Waals surface area (Å²) in [6, 6.07) is -0.931. The molecule has 0 spiro atoms. The Labute approximate surface area is 206 Å². The molecule has 2 aliphatic heterocycles. The van der Waals surface area contributed by atoms with Crippen LogP contribution in [0.2, 0.25) is 0 Å². The Morgan fingerprint density at radius 3 is 2.82 bits per heavy atom. The predicted molar refractivity (Wildman–Crippen MR) is 126 cm³/mol. The molecule has 0 aromatic carbocycles. The Hall–Kier alpha value is -3.17. The first-order valence-corrected chi connectivity index (χ1v) is 12.7. The van der Waals surface area contributed by atoms with E-state index in [-0.39, 0.29) is 22.2 Å². The van der Waals surface area contributed by atoms with E-state index < -0.39 is 29.2 Å². The molecule has 0 aliphatic carbocycles. The van der Waals surface area contributed by atoms with Gasteiger partial charge in [-0.25, -0.2) is 9.55 Å². The number of carboxylic acids is 1. The van der Waals surface area contributed by atoms with Gasteiger partial charge in [-0.3, -0.25) is 19.4 Å². The van der Waals surface area contributed by atoms with E-state index in [4.69, 9.17) is 10.6 Å². The summed E-state index contributed by atoms with van der Waals surface area (Å²) in [6.07, 6.45) is 1.91. The molecule has 4 heterocycles. The zero-order chi connectivity index (χ0) is 24.6. The number of thioether (sulfide) groups is 1. The summed E-state index contributed by atoms with van der Waals surface area (Å²) in [5, 5.41) is 22.4. The van der Waals surface area contributed by atoms with Crippen LogP contribution >= 0.6 is 34.4 Å². The molecule has 12 nitrogen and oxygen atoms in total. The third-order valence-electron chi connectivity index (χ3n) is 5.20.